The van der Waals surface area contributed by atoms with E-state index in [0.29, 0.717) is 12.8 Å². The van der Waals surface area contributed by atoms with Gasteiger partial charge in [-0.25, -0.2) is 13.2 Å². The molecule has 2 rings (SSSR count). The predicted octanol–water partition coefficient (Wildman–Crippen LogP) is 2.66. The van der Waals surface area contributed by atoms with E-state index in [1.807, 2.05) is 31.2 Å². The number of ether oxygens (including phenoxy) is 2. The lowest BCUT2D eigenvalue weighted by Gasteiger charge is -2.22. The normalized spacial score (nSPS) is 20.8. The predicted molar refractivity (Wildman–Crippen MR) is 96.7 cm³/mol. The molecule has 1 aliphatic rings. The van der Waals surface area contributed by atoms with Crippen LogP contribution in [0.1, 0.15) is 32.8 Å². The van der Waals surface area contributed by atoms with Crippen molar-refractivity contribution in [3.8, 4) is 5.75 Å². The highest BCUT2D eigenvalue weighted by Gasteiger charge is 2.40. The molecule has 1 fully saturated rings. The van der Waals surface area contributed by atoms with Crippen LogP contribution in [0, 0.1) is 0 Å². The van der Waals surface area contributed by atoms with Crippen molar-refractivity contribution < 1.29 is 22.7 Å². The van der Waals surface area contributed by atoms with E-state index in [2.05, 4.69) is 0 Å². The van der Waals surface area contributed by atoms with E-state index in [9.17, 15) is 13.2 Å². The van der Waals surface area contributed by atoms with Crippen molar-refractivity contribution in [2.24, 2.45) is 0 Å². The Morgan fingerprint density at radius 2 is 1.92 bits per heavy atom. The van der Waals surface area contributed by atoms with E-state index in [0.717, 1.165) is 11.3 Å². The van der Waals surface area contributed by atoms with Gasteiger partial charge < -0.3 is 14.4 Å². The van der Waals surface area contributed by atoms with E-state index in [1.165, 1.54) is 4.90 Å². The first kappa shape index (κ1) is 19.6. The number of hydrogen-bond acceptors (Lipinski definition) is 5. The Bertz CT molecular complexity index is 684. The van der Waals surface area contributed by atoms with Gasteiger partial charge in [-0.05, 0) is 51.3 Å². The van der Waals surface area contributed by atoms with Gasteiger partial charge in [0.05, 0.1) is 24.2 Å². The third-order valence-electron chi connectivity index (χ3n) is 4.45. The summed E-state index contributed by atoms with van der Waals surface area (Å²) in [5.41, 5.74) is 0.950. The zero-order valence-corrected chi connectivity index (χ0v) is 16.1. The van der Waals surface area contributed by atoms with Gasteiger partial charge in [-0.2, -0.15) is 0 Å². The molecule has 140 valence electrons. The molecular formula is C18H27NO5S. The number of carbonyl (C=O) groups is 1. The minimum atomic E-state index is -3.28. The number of nitrogens with zero attached hydrogens (tertiary/aromatic N) is 1. The standard InChI is InChI=1S/C18H27NO5S/c1-13(2)24-18(20)19-12-17(11-14(19)3)25(21,22)10-9-15-5-7-16(23-4)8-6-15/h5-8,13-14,17H,9-12H2,1-4H3. The fraction of sp³-hybridized carbons (Fsp3) is 0.611. The number of aryl methyl sites for hydroxylation is 1. The Morgan fingerprint density at radius 1 is 1.28 bits per heavy atom. The Morgan fingerprint density at radius 3 is 2.48 bits per heavy atom. The Balaban J connectivity index is 1.96. The van der Waals surface area contributed by atoms with Gasteiger partial charge in [0.25, 0.3) is 0 Å². The lowest BCUT2D eigenvalue weighted by atomic mass is 10.2. The monoisotopic (exact) mass is 369 g/mol. The molecule has 0 saturated carbocycles. The summed E-state index contributed by atoms with van der Waals surface area (Å²) in [6, 6.07) is 7.26. The molecule has 0 aromatic heterocycles. The molecule has 0 bridgehead atoms. The lowest BCUT2D eigenvalue weighted by molar-refractivity contribution is 0.0753. The highest BCUT2D eigenvalue weighted by Crippen LogP contribution is 2.25. The van der Waals surface area contributed by atoms with Crippen LogP contribution in [0.25, 0.3) is 0 Å². The van der Waals surface area contributed by atoms with Crippen molar-refractivity contribution in [3.05, 3.63) is 29.8 Å². The number of benzene rings is 1. The van der Waals surface area contributed by atoms with Crippen molar-refractivity contribution in [3.63, 3.8) is 0 Å². The van der Waals surface area contributed by atoms with E-state index in [-0.39, 0.29) is 24.4 Å². The minimum Gasteiger partial charge on any atom is -0.497 e. The second-order valence-electron chi connectivity index (χ2n) is 6.76. The number of carbonyl (C=O) groups excluding carboxylic acids is 1. The van der Waals surface area contributed by atoms with Gasteiger partial charge in [0.1, 0.15) is 5.75 Å². The molecule has 6 nitrogen and oxygen atoms in total. The van der Waals surface area contributed by atoms with Crippen LogP contribution in [-0.4, -0.2) is 56.2 Å². The fourth-order valence-corrected chi connectivity index (χ4v) is 4.80. The van der Waals surface area contributed by atoms with Crippen LogP contribution in [-0.2, 0) is 21.0 Å². The maximum absolute atomic E-state index is 12.7. The third-order valence-corrected chi connectivity index (χ3v) is 6.58. The molecule has 0 N–H and O–H groups in total. The Hall–Kier alpha value is -1.76. The smallest absolute Gasteiger partial charge is 0.410 e. The van der Waals surface area contributed by atoms with Crippen LogP contribution in [0.2, 0.25) is 0 Å². The molecular weight excluding hydrogens is 342 g/mol. The van der Waals surface area contributed by atoms with Crippen molar-refractivity contribution in [1.82, 2.24) is 4.90 Å². The summed E-state index contributed by atoms with van der Waals surface area (Å²) < 4.78 is 35.6. The SMILES string of the molecule is COc1ccc(CCS(=O)(=O)C2CC(C)N(C(=O)OC(C)C)C2)cc1. The summed E-state index contributed by atoms with van der Waals surface area (Å²) in [4.78, 5) is 13.6. The molecule has 0 radical (unpaired) electrons. The first-order valence-electron chi connectivity index (χ1n) is 8.54. The summed E-state index contributed by atoms with van der Waals surface area (Å²) in [5, 5.41) is -0.527. The van der Waals surface area contributed by atoms with E-state index in [4.69, 9.17) is 9.47 Å². The molecule has 1 heterocycles. The van der Waals surface area contributed by atoms with Crippen LogP contribution in [0.15, 0.2) is 24.3 Å². The van der Waals surface area contributed by atoms with Crippen LogP contribution in [0.3, 0.4) is 0 Å². The summed E-state index contributed by atoms with van der Waals surface area (Å²) in [5.74, 6) is 0.819. The Kier molecular flexibility index (Phi) is 6.32. The topological polar surface area (TPSA) is 72.9 Å². The molecule has 1 aromatic carbocycles. The zero-order chi connectivity index (χ0) is 18.6. The molecule has 2 atom stereocenters. The maximum atomic E-state index is 12.7. The number of hydrogen-bond donors (Lipinski definition) is 0. The van der Waals surface area contributed by atoms with Crippen LogP contribution in [0.4, 0.5) is 4.79 Å². The molecule has 2 unspecified atom stereocenters. The molecule has 0 spiro atoms. The van der Waals surface area contributed by atoms with Crippen LogP contribution >= 0.6 is 0 Å². The second kappa shape index (κ2) is 8.08. The van der Waals surface area contributed by atoms with Gasteiger partial charge in [0.15, 0.2) is 9.84 Å². The van der Waals surface area contributed by atoms with Crippen LogP contribution in [0.5, 0.6) is 5.75 Å². The van der Waals surface area contributed by atoms with Gasteiger partial charge in [-0.15, -0.1) is 0 Å². The van der Waals surface area contributed by atoms with Gasteiger partial charge in [0.2, 0.25) is 0 Å². The average molecular weight is 369 g/mol. The molecule has 7 heteroatoms. The van der Waals surface area contributed by atoms with Crippen molar-refractivity contribution in [1.29, 1.82) is 0 Å². The van der Waals surface area contributed by atoms with Crippen molar-refractivity contribution >= 4 is 15.9 Å². The molecule has 1 amide bonds. The largest absolute Gasteiger partial charge is 0.497 e. The van der Waals surface area contributed by atoms with Gasteiger partial charge in [-0.1, -0.05) is 12.1 Å². The number of amides is 1. The highest BCUT2D eigenvalue weighted by atomic mass is 32.2. The van der Waals surface area contributed by atoms with Crippen molar-refractivity contribution in [2.45, 2.75) is 51.0 Å². The second-order valence-corrected chi connectivity index (χ2v) is 9.16. The summed E-state index contributed by atoms with van der Waals surface area (Å²) in [7, 11) is -1.69. The summed E-state index contributed by atoms with van der Waals surface area (Å²) in [6.45, 7) is 5.63. The average Bonchev–Trinajstić information content (AvgIpc) is 2.96. The van der Waals surface area contributed by atoms with E-state index in [1.54, 1.807) is 21.0 Å². The first-order chi connectivity index (χ1) is 11.7. The lowest BCUT2D eigenvalue weighted by Crippen LogP contribution is -2.37. The number of likely N-dealkylation sites (tertiary alicyclic amines) is 1. The van der Waals surface area contributed by atoms with Gasteiger partial charge in [0, 0.05) is 12.6 Å². The maximum Gasteiger partial charge on any atom is 0.410 e. The first-order valence-corrected chi connectivity index (χ1v) is 10.3. The van der Waals surface area contributed by atoms with Crippen molar-refractivity contribution in [2.75, 3.05) is 19.4 Å². The third kappa shape index (κ3) is 5.11. The molecule has 25 heavy (non-hydrogen) atoms. The number of sulfone groups is 1. The zero-order valence-electron chi connectivity index (χ0n) is 15.3. The molecule has 1 aliphatic heterocycles. The summed E-state index contributed by atoms with van der Waals surface area (Å²) >= 11 is 0. The van der Waals surface area contributed by atoms with E-state index >= 15 is 0 Å². The van der Waals surface area contributed by atoms with Gasteiger partial charge in [-0.3, -0.25) is 0 Å². The molecule has 0 aliphatic carbocycles. The molecule has 1 saturated heterocycles. The summed E-state index contributed by atoms with van der Waals surface area (Å²) in [6.07, 6.45) is 0.256. The van der Waals surface area contributed by atoms with Crippen LogP contribution < -0.4 is 4.74 Å². The minimum absolute atomic E-state index is 0.0732. The number of rotatable bonds is 6. The highest BCUT2D eigenvalue weighted by molar-refractivity contribution is 7.92. The van der Waals surface area contributed by atoms with Gasteiger partial charge >= 0.3 is 6.09 Å². The van der Waals surface area contributed by atoms with E-state index < -0.39 is 21.2 Å². The Labute approximate surface area is 150 Å². The fourth-order valence-electron chi connectivity index (χ4n) is 2.98. The molecule has 1 aromatic rings. The quantitative estimate of drug-likeness (QED) is 0.771. The number of methoxy groups -OCH3 is 1.